The number of aliphatic carboxylic acids is 2. The maximum atomic E-state index is 14.1. The first-order valence-electron chi connectivity index (χ1n) is 8.13. The van der Waals surface area contributed by atoms with Crippen LogP contribution in [0.1, 0.15) is 33.1 Å². The minimum atomic E-state index is -4.42. The van der Waals surface area contributed by atoms with Crippen molar-refractivity contribution in [1.29, 1.82) is 0 Å². The quantitative estimate of drug-likeness (QED) is 0.223. The summed E-state index contributed by atoms with van der Waals surface area (Å²) in [7, 11) is 0. The lowest BCUT2D eigenvalue weighted by molar-refractivity contribution is -0.151. The molecule has 0 aliphatic heterocycles. The number of carbonyl (C=O) groups excluding carboxylic acids is 3. The van der Waals surface area contributed by atoms with Crippen LogP contribution in [0.15, 0.2) is 0 Å². The molecule has 6 N–H and O–H groups in total. The second kappa shape index (κ2) is 10.9. The molecule has 13 heteroatoms. The van der Waals surface area contributed by atoms with Crippen molar-refractivity contribution in [2.75, 3.05) is 0 Å². The number of nitrogens with one attached hydrogen (secondary N) is 2. The highest BCUT2D eigenvalue weighted by atomic mass is 32.1. The zero-order valence-electron chi connectivity index (χ0n) is 15.1. The van der Waals surface area contributed by atoms with E-state index in [9.17, 15) is 32.8 Å². The molecule has 0 saturated heterocycles. The predicted octanol–water partition coefficient (Wildman–Crippen LogP) is -0.629. The van der Waals surface area contributed by atoms with Gasteiger partial charge in [-0.3, -0.25) is 19.2 Å². The summed E-state index contributed by atoms with van der Waals surface area (Å²) in [4.78, 5) is 56.9. The van der Waals surface area contributed by atoms with E-state index in [-0.39, 0.29) is 12.8 Å². The van der Waals surface area contributed by atoms with Gasteiger partial charge in [0.1, 0.15) is 12.1 Å². The molecule has 0 aliphatic rings. The standard InChI is InChI=1S/C15H23F2N3O7S/c1-6(2)9(13(25)26)20-11(22)10(15(16,17)14(27)28)19-8(21)5-3-4-7(18)12(23)24/h6-7,9-10H,3-5,18H2,1-2H3,(H,19,21)(H,20,22)(H,23,24)(H,25,26)(H,27,28)/t7-,9+,10+/m0/s1. The summed E-state index contributed by atoms with van der Waals surface area (Å²) >= 11 is 3.01. The van der Waals surface area contributed by atoms with Crippen molar-refractivity contribution < 1.29 is 43.0 Å². The van der Waals surface area contributed by atoms with Gasteiger partial charge in [-0.2, -0.15) is 8.78 Å². The SMILES string of the molecule is CC(C)[C@@H](NC(=O)[C@@H](NC(=O)CCC[C@H](N)C(=O)O)C(F)(F)C(=O)S)C(=O)O. The van der Waals surface area contributed by atoms with Crippen molar-refractivity contribution in [3.8, 4) is 0 Å². The largest absolute Gasteiger partial charge is 0.480 e. The highest BCUT2D eigenvalue weighted by Gasteiger charge is 2.51. The Morgan fingerprint density at radius 1 is 1.07 bits per heavy atom. The van der Waals surface area contributed by atoms with Crippen molar-refractivity contribution >= 4 is 41.5 Å². The summed E-state index contributed by atoms with van der Waals surface area (Å²) in [6, 6.07) is -5.49. The molecule has 2 amide bonds. The number of carboxylic acid groups (broad SMARTS) is 2. The number of carbonyl (C=O) groups is 5. The Morgan fingerprint density at radius 3 is 2.00 bits per heavy atom. The molecule has 0 heterocycles. The van der Waals surface area contributed by atoms with Crippen molar-refractivity contribution in [2.24, 2.45) is 11.7 Å². The molecule has 10 nitrogen and oxygen atoms in total. The first-order chi connectivity index (χ1) is 12.7. The number of hydrogen-bond donors (Lipinski definition) is 6. The summed E-state index contributed by atoms with van der Waals surface area (Å²) < 4.78 is 28.2. The van der Waals surface area contributed by atoms with Gasteiger partial charge < -0.3 is 26.6 Å². The third kappa shape index (κ3) is 7.76. The number of alkyl halides is 2. The van der Waals surface area contributed by atoms with Gasteiger partial charge in [0.25, 0.3) is 5.12 Å². The molecule has 0 aliphatic carbocycles. The van der Waals surface area contributed by atoms with E-state index >= 15 is 0 Å². The van der Waals surface area contributed by atoms with Crippen LogP contribution in [0, 0.1) is 5.92 Å². The molecule has 0 aromatic rings. The number of thiol groups is 1. The molecule has 0 unspecified atom stereocenters. The fourth-order valence-electron chi connectivity index (χ4n) is 2.03. The van der Waals surface area contributed by atoms with Gasteiger partial charge in [0.05, 0.1) is 0 Å². The smallest absolute Gasteiger partial charge is 0.343 e. The molecule has 0 aromatic carbocycles. The first-order valence-corrected chi connectivity index (χ1v) is 8.58. The topological polar surface area (TPSA) is 176 Å². The maximum absolute atomic E-state index is 14.1. The normalized spacial score (nSPS) is 14.7. The zero-order chi connectivity index (χ0) is 22.2. The van der Waals surface area contributed by atoms with E-state index in [1.54, 1.807) is 5.32 Å². The predicted molar refractivity (Wildman–Crippen MR) is 94.7 cm³/mol. The van der Waals surface area contributed by atoms with Crippen molar-refractivity contribution in [3.63, 3.8) is 0 Å². The van der Waals surface area contributed by atoms with E-state index in [2.05, 4.69) is 12.6 Å². The molecule has 0 radical (unpaired) electrons. The highest BCUT2D eigenvalue weighted by molar-refractivity contribution is 7.96. The summed E-state index contributed by atoms with van der Waals surface area (Å²) in [6.07, 6.45) is -0.665. The lowest BCUT2D eigenvalue weighted by Gasteiger charge is -2.27. The van der Waals surface area contributed by atoms with Crippen LogP contribution in [-0.4, -0.2) is 63.1 Å². The second-order valence-corrected chi connectivity index (χ2v) is 6.74. The third-order valence-electron chi connectivity index (χ3n) is 3.68. The molecule has 0 saturated carbocycles. The van der Waals surface area contributed by atoms with Crippen LogP contribution in [0.3, 0.4) is 0 Å². The minimum absolute atomic E-state index is 0.0855. The van der Waals surface area contributed by atoms with Gasteiger partial charge in [-0.05, 0) is 18.8 Å². The molecule has 0 rings (SSSR count). The molecule has 0 aromatic heterocycles. The summed E-state index contributed by atoms with van der Waals surface area (Å²) in [5.74, 6) is -10.5. The lowest BCUT2D eigenvalue weighted by Crippen LogP contribution is -2.61. The van der Waals surface area contributed by atoms with Gasteiger partial charge >= 0.3 is 17.9 Å². The average Bonchev–Trinajstić information content (AvgIpc) is 2.55. The maximum Gasteiger partial charge on any atom is 0.343 e. The molecule has 3 atom stereocenters. The number of halogens is 2. The van der Waals surface area contributed by atoms with E-state index in [1.807, 2.05) is 5.32 Å². The van der Waals surface area contributed by atoms with Crippen LogP contribution in [0.25, 0.3) is 0 Å². The number of carboxylic acids is 2. The average molecular weight is 427 g/mol. The Hall–Kier alpha value is -2.28. The summed E-state index contributed by atoms with van der Waals surface area (Å²) in [6.45, 7) is 2.83. The van der Waals surface area contributed by atoms with E-state index < -0.39 is 65.3 Å². The molecular formula is C15H23F2N3O7S. The fraction of sp³-hybridized carbons (Fsp3) is 0.667. The molecule has 0 bridgehead atoms. The van der Waals surface area contributed by atoms with Crippen LogP contribution in [-0.2, 0) is 24.0 Å². The Bertz CT molecular complexity index is 631. The van der Waals surface area contributed by atoms with Gasteiger partial charge in [0.2, 0.25) is 11.8 Å². The third-order valence-corrected chi connectivity index (χ3v) is 3.98. The number of hydrogen-bond acceptors (Lipinski definition) is 6. The van der Waals surface area contributed by atoms with Crippen LogP contribution in [0.4, 0.5) is 8.78 Å². The monoisotopic (exact) mass is 427 g/mol. The van der Waals surface area contributed by atoms with Crippen molar-refractivity contribution in [3.05, 3.63) is 0 Å². The number of nitrogens with two attached hydrogens (primary N) is 1. The van der Waals surface area contributed by atoms with Gasteiger partial charge in [-0.15, -0.1) is 0 Å². The van der Waals surface area contributed by atoms with Crippen molar-refractivity contribution in [2.45, 2.75) is 57.2 Å². The van der Waals surface area contributed by atoms with E-state index in [4.69, 9.17) is 15.9 Å². The Labute approximate surface area is 164 Å². The fourth-order valence-corrected chi connectivity index (χ4v) is 2.16. The molecular weight excluding hydrogens is 404 g/mol. The van der Waals surface area contributed by atoms with Crippen molar-refractivity contribution in [1.82, 2.24) is 10.6 Å². The van der Waals surface area contributed by atoms with Crippen LogP contribution in [0.2, 0.25) is 0 Å². The lowest BCUT2D eigenvalue weighted by atomic mass is 10.0. The van der Waals surface area contributed by atoms with E-state index in [0.717, 1.165) is 0 Å². The molecule has 28 heavy (non-hydrogen) atoms. The van der Waals surface area contributed by atoms with Crippen LogP contribution in [0.5, 0.6) is 0 Å². The minimum Gasteiger partial charge on any atom is -0.480 e. The number of amides is 2. The summed E-state index contributed by atoms with van der Waals surface area (Å²) in [5, 5.41) is 19.2. The van der Waals surface area contributed by atoms with Gasteiger partial charge in [-0.1, -0.05) is 26.5 Å². The van der Waals surface area contributed by atoms with Crippen LogP contribution >= 0.6 is 12.6 Å². The summed E-state index contributed by atoms with van der Waals surface area (Å²) in [5.41, 5.74) is 5.25. The Morgan fingerprint density at radius 2 is 1.61 bits per heavy atom. The Kier molecular flexibility index (Phi) is 10.0. The van der Waals surface area contributed by atoms with Crippen LogP contribution < -0.4 is 16.4 Å². The first kappa shape index (κ1) is 25.7. The van der Waals surface area contributed by atoms with Gasteiger partial charge in [0, 0.05) is 6.42 Å². The second-order valence-electron chi connectivity index (χ2n) is 6.33. The zero-order valence-corrected chi connectivity index (χ0v) is 16.0. The molecule has 0 spiro atoms. The molecule has 160 valence electrons. The Balaban J connectivity index is 5.26. The van der Waals surface area contributed by atoms with Gasteiger partial charge in [-0.25, -0.2) is 4.79 Å². The highest BCUT2D eigenvalue weighted by Crippen LogP contribution is 2.23. The van der Waals surface area contributed by atoms with E-state index in [0.29, 0.717) is 0 Å². The van der Waals surface area contributed by atoms with E-state index in [1.165, 1.54) is 13.8 Å². The van der Waals surface area contributed by atoms with Gasteiger partial charge in [0.15, 0.2) is 6.04 Å². The number of rotatable bonds is 12. The molecule has 0 fully saturated rings.